The lowest BCUT2D eigenvalue weighted by molar-refractivity contribution is -0.340. The van der Waals surface area contributed by atoms with Crippen molar-refractivity contribution in [1.29, 1.82) is 0 Å². The van der Waals surface area contributed by atoms with E-state index >= 15 is 0 Å². The van der Waals surface area contributed by atoms with Gasteiger partial charge in [-0.1, -0.05) is 0 Å². The van der Waals surface area contributed by atoms with Crippen LogP contribution in [0.1, 0.15) is 32.6 Å². The maximum absolute atomic E-state index is 10.7. The summed E-state index contributed by atoms with van der Waals surface area (Å²) in [4.78, 5) is 0. The molecule has 0 aliphatic carbocycles. The fourth-order valence-corrected chi connectivity index (χ4v) is 4.53. The lowest BCUT2D eigenvalue weighted by Crippen LogP contribution is -2.60. The summed E-state index contributed by atoms with van der Waals surface area (Å²) in [5.41, 5.74) is -1.37. The van der Waals surface area contributed by atoms with Crippen LogP contribution in [0.15, 0.2) is 0 Å². The molecule has 0 amide bonds. The molecule has 0 unspecified atom stereocenters. The molecule has 5 N–H and O–H groups in total. The number of aliphatic hydroxyl groups is 5. The minimum Gasteiger partial charge on any atom is -0.393 e. The Balaban J connectivity index is 1.29. The molecule has 4 fully saturated rings. The van der Waals surface area contributed by atoms with Gasteiger partial charge < -0.3 is 58.7 Å². The van der Waals surface area contributed by atoms with Crippen molar-refractivity contribution in [2.24, 2.45) is 0 Å². The van der Waals surface area contributed by atoms with Gasteiger partial charge in [0.05, 0.1) is 44.7 Å². The molecular weight excluding hydrogens is 444 g/mol. The van der Waals surface area contributed by atoms with Gasteiger partial charge in [0.25, 0.3) is 0 Å². The minimum atomic E-state index is -1.37. The Labute approximate surface area is 192 Å². The molecule has 0 bridgehead atoms. The first-order valence-electron chi connectivity index (χ1n) is 11.6. The summed E-state index contributed by atoms with van der Waals surface area (Å²) in [6.45, 7) is 2.22. The number of aliphatic hydroxyl groups excluding tert-OH is 4. The Morgan fingerprint density at radius 1 is 1.00 bits per heavy atom. The maximum atomic E-state index is 10.7. The van der Waals surface area contributed by atoms with Crippen LogP contribution < -0.4 is 0 Å². The standard InChI is InChI=1S/C21H36O12/c1-11-19(17(24)18(25)20(30-11)31-12-3-2-4-27-7-12)33-15-5-14(13(23)8-28-15)32-16-6-21(26,9-22)10-29-16/h11-20,22-26H,2-10H2,1H3/t11-,12+,13+,14+,15-,16-,17-,18+,19-,20-,21+/m0/s1. The minimum absolute atomic E-state index is 0.0648. The Kier molecular flexibility index (Phi) is 8.58. The number of rotatable bonds is 7. The Bertz CT molecular complexity index is 618. The molecular formula is C21H36O12. The van der Waals surface area contributed by atoms with Gasteiger partial charge in [-0.05, 0) is 19.8 Å². The predicted molar refractivity (Wildman–Crippen MR) is 108 cm³/mol. The first-order chi connectivity index (χ1) is 15.8. The van der Waals surface area contributed by atoms with E-state index in [-0.39, 0.29) is 32.2 Å². The average molecular weight is 481 g/mol. The van der Waals surface area contributed by atoms with E-state index in [2.05, 4.69) is 0 Å². The van der Waals surface area contributed by atoms with Crippen molar-refractivity contribution in [3.05, 3.63) is 0 Å². The van der Waals surface area contributed by atoms with Crippen LogP contribution in [0.25, 0.3) is 0 Å². The van der Waals surface area contributed by atoms with Gasteiger partial charge in [-0.15, -0.1) is 0 Å². The lowest BCUT2D eigenvalue weighted by atomic mass is 9.99. The maximum Gasteiger partial charge on any atom is 0.186 e. The zero-order valence-electron chi connectivity index (χ0n) is 18.7. The first kappa shape index (κ1) is 25.6. The zero-order chi connectivity index (χ0) is 23.6. The van der Waals surface area contributed by atoms with E-state index in [4.69, 9.17) is 33.2 Å². The monoisotopic (exact) mass is 480 g/mol. The molecule has 33 heavy (non-hydrogen) atoms. The van der Waals surface area contributed by atoms with Gasteiger partial charge >= 0.3 is 0 Å². The van der Waals surface area contributed by atoms with Crippen molar-refractivity contribution in [3.63, 3.8) is 0 Å². The third kappa shape index (κ3) is 6.21. The molecule has 0 aromatic carbocycles. The molecule has 4 saturated heterocycles. The molecule has 4 rings (SSSR count). The van der Waals surface area contributed by atoms with Crippen LogP contribution in [0.3, 0.4) is 0 Å². The predicted octanol–water partition coefficient (Wildman–Crippen LogP) is -2.00. The summed E-state index contributed by atoms with van der Waals surface area (Å²) in [7, 11) is 0. The summed E-state index contributed by atoms with van der Waals surface area (Å²) in [6, 6.07) is 0. The number of hydrogen-bond donors (Lipinski definition) is 5. The second kappa shape index (κ2) is 11.1. The quantitative estimate of drug-likeness (QED) is 0.272. The van der Waals surface area contributed by atoms with Crippen molar-refractivity contribution < 1.29 is 58.7 Å². The van der Waals surface area contributed by atoms with Gasteiger partial charge in [0.15, 0.2) is 18.9 Å². The van der Waals surface area contributed by atoms with Gasteiger partial charge in [-0.3, -0.25) is 0 Å². The van der Waals surface area contributed by atoms with E-state index in [1.54, 1.807) is 6.92 Å². The van der Waals surface area contributed by atoms with Crippen LogP contribution in [-0.2, 0) is 33.2 Å². The molecule has 192 valence electrons. The van der Waals surface area contributed by atoms with Gasteiger partial charge in [0.1, 0.15) is 30.0 Å². The Morgan fingerprint density at radius 2 is 1.82 bits per heavy atom. The molecule has 0 radical (unpaired) electrons. The van der Waals surface area contributed by atoms with Gasteiger partial charge in [0, 0.05) is 19.4 Å². The highest BCUT2D eigenvalue weighted by Crippen LogP contribution is 2.31. The van der Waals surface area contributed by atoms with E-state index in [0.29, 0.717) is 13.2 Å². The topological polar surface area (TPSA) is 166 Å². The van der Waals surface area contributed by atoms with Gasteiger partial charge in [-0.25, -0.2) is 0 Å². The average Bonchev–Trinajstić information content (AvgIpc) is 3.19. The highest BCUT2D eigenvalue weighted by atomic mass is 16.7. The van der Waals surface area contributed by atoms with Crippen molar-refractivity contribution in [1.82, 2.24) is 0 Å². The molecule has 12 heteroatoms. The normalized spacial score (nSPS) is 49.3. The molecule has 4 aliphatic heterocycles. The lowest BCUT2D eigenvalue weighted by Gasteiger charge is -2.44. The molecule has 11 atom stereocenters. The summed E-state index contributed by atoms with van der Waals surface area (Å²) >= 11 is 0. The highest BCUT2D eigenvalue weighted by molar-refractivity contribution is 4.91. The third-order valence-electron chi connectivity index (χ3n) is 6.54. The second-order valence-corrected chi connectivity index (χ2v) is 9.33. The van der Waals surface area contributed by atoms with E-state index in [9.17, 15) is 25.5 Å². The molecule has 0 spiro atoms. The SMILES string of the molecule is C[C@@H]1O[C@@H](O[C@@H]2CCCOC2)[C@H](O)[C@H](O)[C@H]1O[C@H]1C[C@@H](O[C@H]2C[C@@](O)(CO)CO2)[C@H](O)CO1. The Hall–Kier alpha value is -0.480. The largest absolute Gasteiger partial charge is 0.393 e. The summed E-state index contributed by atoms with van der Waals surface area (Å²) in [5.74, 6) is 0. The number of ether oxygens (including phenoxy) is 7. The van der Waals surface area contributed by atoms with Crippen LogP contribution in [0.5, 0.6) is 0 Å². The van der Waals surface area contributed by atoms with Crippen LogP contribution in [0.4, 0.5) is 0 Å². The van der Waals surface area contributed by atoms with E-state index in [0.717, 1.165) is 12.8 Å². The van der Waals surface area contributed by atoms with Crippen molar-refractivity contribution in [2.75, 3.05) is 33.0 Å². The smallest absolute Gasteiger partial charge is 0.186 e. The van der Waals surface area contributed by atoms with Crippen LogP contribution >= 0.6 is 0 Å². The second-order valence-electron chi connectivity index (χ2n) is 9.33. The molecule has 4 aliphatic rings. The van der Waals surface area contributed by atoms with Crippen LogP contribution in [0.2, 0.25) is 0 Å². The Morgan fingerprint density at radius 3 is 2.52 bits per heavy atom. The summed E-state index contributed by atoms with van der Waals surface area (Å²) < 4.78 is 39.6. The molecule has 0 saturated carbocycles. The number of hydrogen-bond acceptors (Lipinski definition) is 12. The third-order valence-corrected chi connectivity index (χ3v) is 6.54. The zero-order valence-corrected chi connectivity index (χ0v) is 18.7. The molecule has 4 heterocycles. The first-order valence-corrected chi connectivity index (χ1v) is 11.6. The summed E-state index contributed by atoms with van der Waals surface area (Å²) in [6.07, 6.45) is -6.74. The molecule has 0 aromatic heterocycles. The van der Waals surface area contributed by atoms with Crippen molar-refractivity contribution in [2.45, 2.75) is 99.8 Å². The van der Waals surface area contributed by atoms with Gasteiger partial charge in [-0.2, -0.15) is 0 Å². The van der Waals surface area contributed by atoms with E-state index in [1.165, 1.54) is 0 Å². The van der Waals surface area contributed by atoms with Crippen LogP contribution in [-0.4, -0.2) is 126 Å². The molecule has 12 nitrogen and oxygen atoms in total. The van der Waals surface area contributed by atoms with Gasteiger partial charge in [0.2, 0.25) is 0 Å². The van der Waals surface area contributed by atoms with Crippen LogP contribution in [0, 0.1) is 0 Å². The summed E-state index contributed by atoms with van der Waals surface area (Å²) in [5, 5.41) is 50.9. The molecule has 0 aromatic rings. The van der Waals surface area contributed by atoms with E-state index in [1.807, 2.05) is 0 Å². The highest BCUT2D eigenvalue weighted by Gasteiger charge is 2.47. The van der Waals surface area contributed by atoms with Crippen molar-refractivity contribution in [3.8, 4) is 0 Å². The fourth-order valence-electron chi connectivity index (χ4n) is 4.53. The van der Waals surface area contributed by atoms with E-state index < -0.39 is 67.7 Å². The fraction of sp³-hybridized carbons (Fsp3) is 1.00. The van der Waals surface area contributed by atoms with Crippen molar-refractivity contribution >= 4 is 0 Å².